The summed E-state index contributed by atoms with van der Waals surface area (Å²) in [6, 6.07) is 4.01. The van der Waals surface area contributed by atoms with Gasteiger partial charge >= 0.3 is 5.97 Å². The van der Waals surface area contributed by atoms with Crippen LogP contribution >= 0.6 is 11.6 Å². The molecular weight excluding hydrogens is 297 g/mol. The summed E-state index contributed by atoms with van der Waals surface area (Å²) >= 11 is 5.74. The summed E-state index contributed by atoms with van der Waals surface area (Å²) in [7, 11) is 0. The van der Waals surface area contributed by atoms with Crippen LogP contribution in [0.1, 0.15) is 36.5 Å². The molecule has 2 rings (SSSR count). The van der Waals surface area contributed by atoms with E-state index in [4.69, 9.17) is 16.3 Å². The Hall–Kier alpha value is -1.62. The van der Waals surface area contributed by atoms with Gasteiger partial charge in [0.05, 0.1) is 10.6 Å². The standard InChI is InChI=1S/C15H17ClFNO3/c1-10(7-9-18-8-3-6-13(18)19)21-15(20)11-4-2-5-12(17)14(11)16/h2,4-5,10H,3,6-9H2,1H3/t10-/m1/s1. The molecule has 0 aliphatic carbocycles. The number of carbonyl (C=O) groups excluding carboxylic acids is 2. The smallest absolute Gasteiger partial charge is 0.340 e. The number of hydrogen-bond acceptors (Lipinski definition) is 3. The van der Waals surface area contributed by atoms with Gasteiger partial charge < -0.3 is 9.64 Å². The second-order valence-electron chi connectivity index (χ2n) is 5.09. The average molecular weight is 314 g/mol. The van der Waals surface area contributed by atoms with E-state index in [1.165, 1.54) is 18.2 Å². The zero-order valence-electron chi connectivity index (χ0n) is 11.8. The van der Waals surface area contributed by atoms with Crippen LogP contribution in [0.5, 0.6) is 0 Å². The molecule has 1 atom stereocenters. The van der Waals surface area contributed by atoms with Gasteiger partial charge in [-0.1, -0.05) is 17.7 Å². The van der Waals surface area contributed by atoms with E-state index in [0.29, 0.717) is 19.4 Å². The van der Waals surface area contributed by atoms with Gasteiger partial charge in [-0.25, -0.2) is 9.18 Å². The predicted octanol–water partition coefficient (Wildman–Crippen LogP) is 3.04. The van der Waals surface area contributed by atoms with Crippen LogP contribution in [0.3, 0.4) is 0 Å². The quantitative estimate of drug-likeness (QED) is 0.785. The maximum Gasteiger partial charge on any atom is 0.340 e. The van der Waals surface area contributed by atoms with Gasteiger partial charge in [0.2, 0.25) is 5.91 Å². The van der Waals surface area contributed by atoms with Crippen molar-refractivity contribution in [2.45, 2.75) is 32.3 Å². The third-order valence-corrected chi connectivity index (χ3v) is 3.84. The Morgan fingerprint density at radius 1 is 1.52 bits per heavy atom. The zero-order valence-corrected chi connectivity index (χ0v) is 12.5. The van der Waals surface area contributed by atoms with Crippen molar-refractivity contribution in [3.63, 3.8) is 0 Å². The SMILES string of the molecule is C[C@H](CCN1CCCC1=O)OC(=O)c1cccc(F)c1Cl. The van der Waals surface area contributed by atoms with E-state index in [1.54, 1.807) is 11.8 Å². The first-order valence-corrected chi connectivity index (χ1v) is 7.29. The number of hydrogen-bond donors (Lipinski definition) is 0. The van der Waals surface area contributed by atoms with Gasteiger partial charge in [0.25, 0.3) is 0 Å². The molecule has 6 heteroatoms. The molecule has 0 radical (unpaired) electrons. The number of rotatable bonds is 5. The molecule has 0 N–H and O–H groups in total. The van der Waals surface area contributed by atoms with Crippen LogP contribution in [0.25, 0.3) is 0 Å². The van der Waals surface area contributed by atoms with E-state index in [9.17, 15) is 14.0 Å². The maximum atomic E-state index is 13.3. The van der Waals surface area contributed by atoms with Crippen LogP contribution in [0.4, 0.5) is 4.39 Å². The van der Waals surface area contributed by atoms with Crippen molar-refractivity contribution in [2.24, 2.45) is 0 Å². The Bertz CT molecular complexity index is 550. The molecule has 1 saturated heterocycles. The summed E-state index contributed by atoms with van der Waals surface area (Å²) in [5.41, 5.74) is 0.0146. The van der Waals surface area contributed by atoms with Gasteiger partial charge in [0.1, 0.15) is 11.9 Å². The van der Waals surface area contributed by atoms with Crippen LogP contribution < -0.4 is 0 Å². The molecule has 0 saturated carbocycles. The van der Waals surface area contributed by atoms with Gasteiger partial charge in [-0.05, 0) is 25.5 Å². The van der Waals surface area contributed by atoms with Gasteiger partial charge in [-0.15, -0.1) is 0 Å². The fourth-order valence-electron chi connectivity index (χ4n) is 2.24. The maximum absolute atomic E-state index is 13.3. The van der Waals surface area contributed by atoms with Crippen molar-refractivity contribution in [1.29, 1.82) is 0 Å². The van der Waals surface area contributed by atoms with E-state index in [0.717, 1.165) is 13.0 Å². The third-order valence-electron chi connectivity index (χ3n) is 3.46. The number of halogens is 2. The molecule has 1 aliphatic heterocycles. The molecule has 1 heterocycles. The number of ether oxygens (including phenoxy) is 1. The summed E-state index contributed by atoms with van der Waals surface area (Å²) in [6.45, 7) is 3.06. The normalized spacial score (nSPS) is 16.1. The van der Waals surface area contributed by atoms with Gasteiger partial charge in [-0.2, -0.15) is 0 Å². The summed E-state index contributed by atoms with van der Waals surface area (Å²) in [6.07, 6.45) is 1.65. The highest BCUT2D eigenvalue weighted by Crippen LogP contribution is 2.21. The van der Waals surface area contributed by atoms with Gasteiger partial charge in [-0.3, -0.25) is 4.79 Å². The van der Waals surface area contributed by atoms with Gasteiger partial charge in [0.15, 0.2) is 0 Å². The largest absolute Gasteiger partial charge is 0.459 e. The van der Waals surface area contributed by atoms with Crippen LogP contribution in [-0.4, -0.2) is 36.0 Å². The second kappa shape index (κ2) is 6.89. The lowest BCUT2D eigenvalue weighted by molar-refractivity contribution is -0.127. The van der Waals surface area contributed by atoms with E-state index in [-0.39, 0.29) is 22.6 Å². The summed E-state index contributed by atoms with van der Waals surface area (Å²) in [4.78, 5) is 25.2. The summed E-state index contributed by atoms with van der Waals surface area (Å²) in [5, 5.41) is -0.232. The van der Waals surface area contributed by atoms with E-state index < -0.39 is 11.8 Å². The molecular formula is C15H17ClFNO3. The summed E-state index contributed by atoms with van der Waals surface area (Å²) < 4.78 is 18.5. The third kappa shape index (κ3) is 3.94. The van der Waals surface area contributed by atoms with Crippen molar-refractivity contribution in [2.75, 3.05) is 13.1 Å². The van der Waals surface area contributed by atoms with Crippen molar-refractivity contribution >= 4 is 23.5 Å². The Kier molecular flexibility index (Phi) is 5.17. The van der Waals surface area contributed by atoms with Crippen molar-refractivity contribution in [3.8, 4) is 0 Å². The van der Waals surface area contributed by atoms with Crippen LogP contribution in [0.2, 0.25) is 5.02 Å². The second-order valence-corrected chi connectivity index (χ2v) is 5.47. The molecule has 0 aromatic heterocycles. The fourth-order valence-corrected chi connectivity index (χ4v) is 2.45. The fraction of sp³-hybridized carbons (Fsp3) is 0.467. The Morgan fingerprint density at radius 3 is 2.95 bits per heavy atom. The highest BCUT2D eigenvalue weighted by atomic mass is 35.5. The first-order chi connectivity index (χ1) is 9.99. The Balaban J connectivity index is 1.87. The predicted molar refractivity (Wildman–Crippen MR) is 76.7 cm³/mol. The van der Waals surface area contributed by atoms with E-state index in [1.807, 2.05) is 0 Å². The minimum Gasteiger partial charge on any atom is -0.459 e. The number of likely N-dealkylation sites (tertiary alicyclic amines) is 1. The summed E-state index contributed by atoms with van der Waals surface area (Å²) in [5.74, 6) is -1.16. The Morgan fingerprint density at radius 2 is 2.29 bits per heavy atom. The Labute approximate surface area is 127 Å². The first-order valence-electron chi connectivity index (χ1n) is 6.92. The topological polar surface area (TPSA) is 46.6 Å². The van der Waals surface area contributed by atoms with E-state index >= 15 is 0 Å². The lowest BCUT2D eigenvalue weighted by Gasteiger charge is -2.19. The highest BCUT2D eigenvalue weighted by Gasteiger charge is 2.22. The number of carbonyl (C=O) groups is 2. The first kappa shape index (κ1) is 15.8. The molecule has 0 unspecified atom stereocenters. The molecule has 114 valence electrons. The molecule has 1 aromatic carbocycles. The lowest BCUT2D eigenvalue weighted by atomic mass is 10.2. The lowest BCUT2D eigenvalue weighted by Crippen LogP contribution is -2.29. The number of esters is 1. The average Bonchev–Trinajstić information content (AvgIpc) is 2.85. The van der Waals surface area contributed by atoms with Crippen LogP contribution in [0, 0.1) is 5.82 Å². The molecule has 1 amide bonds. The monoisotopic (exact) mass is 313 g/mol. The minimum absolute atomic E-state index is 0.0146. The van der Waals surface area contributed by atoms with Crippen LogP contribution in [-0.2, 0) is 9.53 Å². The number of nitrogens with zero attached hydrogens (tertiary/aromatic N) is 1. The molecule has 1 aliphatic rings. The molecule has 0 spiro atoms. The van der Waals surface area contributed by atoms with Crippen LogP contribution in [0.15, 0.2) is 18.2 Å². The molecule has 0 bridgehead atoms. The number of benzene rings is 1. The highest BCUT2D eigenvalue weighted by molar-refractivity contribution is 6.33. The molecule has 21 heavy (non-hydrogen) atoms. The molecule has 4 nitrogen and oxygen atoms in total. The van der Waals surface area contributed by atoms with Crippen molar-refractivity contribution in [3.05, 3.63) is 34.6 Å². The molecule has 1 aromatic rings. The van der Waals surface area contributed by atoms with Gasteiger partial charge in [0, 0.05) is 25.9 Å². The zero-order chi connectivity index (χ0) is 15.4. The van der Waals surface area contributed by atoms with E-state index in [2.05, 4.69) is 0 Å². The minimum atomic E-state index is -0.653. The van der Waals surface area contributed by atoms with Crippen molar-refractivity contribution in [1.82, 2.24) is 4.90 Å². The number of amides is 1. The molecule has 1 fully saturated rings. The van der Waals surface area contributed by atoms with Crippen molar-refractivity contribution < 1.29 is 18.7 Å².